The molecule has 0 saturated carbocycles. The molecule has 4 rings (SSSR count). The third-order valence-electron chi connectivity index (χ3n) is 3.87. The Hall–Kier alpha value is -3.04. The third kappa shape index (κ3) is 4.26. The molecule has 1 N–H and O–H groups in total. The first-order valence-corrected chi connectivity index (χ1v) is 10.3. The first-order valence-electron chi connectivity index (χ1n) is 8.48. The van der Waals surface area contributed by atoms with E-state index < -0.39 is 0 Å². The molecule has 2 heterocycles. The van der Waals surface area contributed by atoms with Crippen LogP contribution in [0.1, 0.15) is 5.56 Å². The maximum atomic E-state index is 12.3. The van der Waals surface area contributed by atoms with Crippen molar-refractivity contribution in [1.29, 1.82) is 0 Å². The van der Waals surface area contributed by atoms with Crippen LogP contribution in [0, 0.1) is 6.92 Å². The number of benzene rings is 2. The molecule has 0 bridgehead atoms. The molecule has 9 heteroatoms. The zero-order valence-electron chi connectivity index (χ0n) is 14.9. The number of amides is 1. The van der Waals surface area contributed by atoms with E-state index in [1.165, 1.54) is 28.7 Å². The SMILES string of the molecule is Cc1ccc(-c2csc(NC(=O)CSc3nnnn3-c3ccccc3)n2)cc1. The summed E-state index contributed by atoms with van der Waals surface area (Å²) in [7, 11) is 0. The number of aryl methyl sites for hydroxylation is 1. The molecule has 0 spiro atoms. The molecule has 4 aromatic rings. The predicted molar refractivity (Wildman–Crippen MR) is 111 cm³/mol. The van der Waals surface area contributed by atoms with Crippen molar-refractivity contribution in [3.63, 3.8) is 0 Å². The number of hydrogen-bond acceptors (Lipinski definition) is 7. The fourth-order valence-electron chi connectivity index (χ4n) is 2.47. The van der Waals surface area contributed by atoms with Crippen molar-refractivity contribution in [2.24, 2.45) is 0 Å². The molecular weight excluding hydrogens is 392 g/mol. The molecule has 2 aromatic heterocycles. The molecule has 0 aliphatic heterocycles. The molecule has 0 fully saturated rings. The summed E-state index contributed by atoms with van der Waals surface area (Å²) in [6.07, 6.45) is 0. The molecule has 0 aliphatic rings. The lowest BCUT2D eigenvalue weighted by Gasteiger charge is -2.04. The van der Waals surface area contributed by atoms with E-state index in [0.29, 0.717) is 10.3 Å². The highest BCUT2D eigenvalue weighted by atomic mass is 32.2. The molecule has 0 atom stereocenters. The second-order valence-corrected chi connectivity index (χ2v) is 7.75. The second-order valence-electron chi connectivity index (χ2n) is 5.95. The average molecular weight is 409 g/mol. The van der Waals surface area contributed by atoms with E-state index in [1.807, 2.05) is 66.9 Å². The van der Waals surface area contributed by atoms with Crippen molar-refractivity contribution in [3.8, 4) is 16.9 Å². The average Bonchev–Trinajstić information content (AvgIpc) is 3.37. The minimum absolute atomic E-state index is 0.155. The molecule has 0 radical (unpaired) electrons. The van der Waals surface area contributed by atoms with Crippen molar-refractivity contribution in [3.05, 3.63) is 65.5 Å². The number of tetrazole rings is 1. The second kappa shape index (κ2) is 8.32. The van der Waals surface area contributed by atoms with Gasteiger partial charge in [0.05, 0.1) is 17.1 Å². The normalized spacial score (nSPS) is 10.8. The van der Waals surface area contributed by atoms with Gasteiger partial charge < -0.3 is 5.32 Å². The van der Waals surface area contributed by atoms with Crippen LogP contribution in [0.25, 0.3) is 16.9 Å². The minimum atomic E-state index is -0.155. The Morgan fingerprint density at radius 2 is 1.93 bits per heavy atom. The summed E-state index contributed by atoms with van der Waals surface area (Å²) in [4.78, 5) is 16.8. The maximum Gasteiger partial charge on any atom is 0.236 e. The quantitative estimate of drug-likeness (QED) is 0.488. The number of anilines is 1. The van der Waals surface area contributed by atoms with E-state index in [9.17, 15) is 4.79 Å². The van der Waals surface area contributed by atoms with Gasteiger partial charge in [-0.1, -0.05) is 59.8 Å². The highest BCUT2D eigenvalue weighted by Crippen LogP contribution is 2.25. The van der Waals surface area contributed by atoms with Crippen LogP contribution in [0.5, 0.6) is 0 Å². The van der Waals surface area contributed by atoms with Crippen LogP contribution < -0.4 is 5.32 Å². The minimum Gasteiger partial charge on any atom is -0.301 e. The lowest BCUT2D eigenvalue weighted by Crippen LogP contribution is -2.14. The Kier molecular flexibility index (Phi) is 5.45. The van der Waals surface area contributed by atoms with Crippen LogP contribution in [0.3, 0.4) is 0 Å². The van der Waals surface area contributed by atoms with E-state index in [-0.39, 0.29) is 11.7 Å². The number of hydrogen-bond donors (Lipinski definition) is 1. The number of thiazole rings is 1. The standard InChI is InChI=1S/C19H16N6OS2/c1-13-7-9-14(10-8-13)16-11-27-18(20-16)21-17(26)12-28-19-22-23-24-25(19)15-5-3-2-4-6-15/h2-11H,12H2,1H3,(H,20,21,26). The Morgan fingerprint density at radius 3 is 2.71 bits per heavy atom. The fourth-order valence-corrected chi connectivity index (χ4v) is 3.90. The Bertz CT molecular complexity index is 1080. The van der Waals surface area contributed by atoms with Crippen LogP contribution >= 0.6 is 23.1 Å². The summed E-state index contributed by atoms with van der Waals surface area (Å²) in [6, 6.07) is 17.7. The topological polar surface area (TPSA) is 85.6 Å². The number of aromatic nitrogens is 5. The summed E-state index contributed by atoms with van der Waals surface area (Å²) < 4.78 is 1.61. The number of para-hydroxylation sites is 1. The first-order chi connectivity index (χ1) is 13.7. The lowest BCUT2D eigenvalue weighted by atomic mass is 10.1. The van der Waals surface area contributed by atoms with Gasteiger partial charge in [0, 0.05) is 10.9 Å². The molecule has 0 unspecified atom stereocenters. The number of thioether (sulfide) groups is 1. The van der Waals surface area contributed by atoms with Gasteiger partial charge in [-0.05, 0) is 29.5 Å². The van der Waals surface area contributed by atoms with Gasteiger partial charge in [0.2, 0.25) is 11.1 Å². The molecular formula is C19H16N6OS2. The van der Waals surface area contributed by atoms with Gasteiger partial charge in [0.25, 0.3) is 0 Å². The molecule has 140 valence electrons. The zero-order chi connectivity index (χ0) is 19.3. The van der Waals surface area contributed by atoms with Crippen molar-refractivity contribution >= 4 is 34.1 Å². The summed E-state index contributed by atoms with van der Waals surface area (Å²) in [6.45, 7) is 2.04. The number of nitrogens with zero attached hydrogens (tertiary/aromatic N) is 5. The summed E-state index contributed by atoms with van der Waals surface area (Å²) >= 11 is 2.67. The largest absolute Gasteiger partial charge is 0.301 e. The monoisotopic (exact) mass is 408 g/mol. The fraction of sp³-hybridized carbons (Fsp3) is 0.105. The van der Waals surface area contributed by atoms with Crippen LogP contribution in [-0.4, -0.2) is 36.9 Å². The highest BCUT2D eigenvalue weighted by Gasteiger charge is 2.13. The van der Waals surface area contributed by atoms with Crippen molar-refractivity contribution in [2.75, 3.05) is 11.1 Å². The maximum absolute atomic E-state index is 12.3. The van der Waals surface area contributed by atoms with E-state index >= 15 is 0 Å². The van der Waals surface area contributed by atoms with Gasteiger partial charge >= 0.3 is 0 Å². The van der Waals surface area contributed by atoms with Crippen molar-refractivity contribution in [1.82, 2.24) is 25.2 Å². The molecule has 28 heavy (non-hydrogen) atoms. The predicted octanol–water partition coefficient (Wildman–Crippen LogP) is 3.83. The number of carbonyl (C=O) groups is 1. The van der Waals surface area contributed by atoms with Crippen LogP contribution in [-0.2, 0) is 4.79 Å². The van der Waals surface area contributed by atoms with E-state index in [1.54, 1.807) is 4.68 Å². The Labute approximate surface area is 169 Å². The Balaban J connectivity index is 1.37. The third-order valence-corrected chi connectivity index (χ3v) is 5.55. The number of carbonyl (C=O) groups excluding carboxylic acids is 1. The molecule has 0 aliphatic carbocycles. The van der Waals surface area contributed by atoms with Crippen LogP contribution in [0.2, 0.25) is 0 Å². The smallest absolute Gasteiger partial charge is 0.236 e. The van der Waals surface area contributed by atoms with Gasteiger partial charge in [-0.15, -0.1) is 16.4 Å². The van der Waals surface area contributed by atoms with Crippen LogP contribution in [0.4, 0.5) is 5.13 Å². The van der Waals surface area contributed by atoms with Crippen molar-refractivity contribution in [2.45, 2.75) is 12.1 Å². The Morgan fingerprint density at radius 1 is 1.14 bits per heavy atom. The lowest BCUT2D eigenvalue weighted by molar-refractivity contribution is -0.113. The molecule has 0 saturated heterocycles. The van der Waals surface area contributed by atoms with Crippen LogP contribution in [0.15, 0.2) is 65.1 Å². The van der Waals surface area contributed by atoms with E-state index in [2.05, 4.69) is 25.8 Å². The highest BCUT2D eigenvalue weighted by molar-refractivity contribution is 7.99. The molecule has 1 amide bonds. The summed E-state index contributed by atoms with van der Waals surface area (Å²) in [5.41, 5.74) is 3.92. The van der Waals surface area contributed by atoms with Gasteiger partial charge in [-0.25, -0.2) is 4.98 Å². The summed E-state index contributed by atoms with van der Waals surface area (Å²) in [5, 5.41) is 17.6. The van der Waals surface area contributed by atoms with E-state index in [0.717, 1.165) is 16.9 Å². The molecule has 2 aromatic carbocycles. The van der Waals surface area contributed by atoms with E-state index in [4.69, 9.17) is 0 Å². The number of rotatable bonds is 6. The van der Waals surface area contributed by atoms with Gasteiger partial charge in [0.15, 0.2) is 5.13 Å². The number of nitrogens with one attached hydrogen (secondary N) is 1. The van der Waals surface area contributed by atoms with Crippen molar-refractivity contribution < 1.29 is 4.79 Å². The molecule has 7 nitrogen and oxygen atoms in total. The van der Waals surface area contributed by atoms with Gasteiger partial charge in [-0.3, -0.25) is 4.79 Å². The van der Waals surface area contributed by atoms with Gasteiger partial charge in [0.1, 0.15) is 0 Å². The zero-order valence-corrected chi connectivity index (χ0v) is 16.6. The van der Waals surface area contributed by atoms with Gasteiger partial charge in [-0.2, -0.15) is 4.68 Å². The first kappa shape index (κ1) is 18.3. The summed E-state index contributed by atoms with van der Waals surface area (Å²) in [5.74, 6) is 0.0320.